The number of halogens is 4. The molecule has 0 aromatic carbocycles. The second-order valence-electron chi connectivity index (χ2n) is 3.16. The lowest BCUT2D eigenvalue weighted by molar-refractivity contribution is -0.139. The molecule has 0 fully saturated rings. The molecule has 0 amide bonds. The van der Waals surface area contributed by atoms with Gasteiger partial charge in [-0.2, -0.15) is 4.39 Å². The second-order valence-corrected chi connectivity index (χ2v) is 3.43. The quantitative estimate of drug-likeness (QED) is 0.478. The van der Waals surface area contributed by atoms with Crippen LogP contribution in [0.15, 0.2) is 6.07 Å². The first-order valence-corrected chi connectivity index (χ1v) is 5.12. The number of methoxy groups -OCH3 is 1. The maximum Gasteiger partial charge on any atom is 0.310 e. The van der Waals surface area contributed by atoms with Crippen LogP contribution in [0.3, 0.4) is 0 Å². The highest BCUT2D eigenvalue weighted by molar-refractivity contribution is 6.17. The molecule has 0 aliphatic carbocycles. The van der Waals surface area contributed by atoms with Crippen molar-refractivity contribution >= 4 is 17.6 Å². The smallest absolute Gasteiger partial charge is 0.310 e. The molecule has 3 nitrogen and oxygen atoms in total. The summed E-state index contributed by atoms with van der Waals surface area (Å²) in [6, 6.07) is 0.891. The Morgan fingerprint density at radius 3 is 2.71 bits per heavy atom. The summed E-state index contributed by atoms with van der Waals surface area (Å²) < 4.78 is 42.9. The predicted molar refractivity (Wildman–Crippen MR) is 54.4 cm³/mol. The number of hydrogen-bond acceptors (Lipinski definition) is 3. The van der Waals surface area contributed by atoms with E-state index in [9.17, 15) is 18.0 Å². The van der Waals surface area contributed by atoms with Crippen LogP contribution in [-0.4, -0.2) is 18.1 Å². The maximum absolute atomic E-state index is 13.4. The number of hydrogen-bond donors (Lipinski definition) is 0. The van der Waals surface area contributed by atoms with Crippen LogP contribution in [0.5, 0.6) is 0 Å². The normalized spacial score (nSPS) is 10.7. The Balaban J connectivity index is 3.15. The largest absolute Gasteiger partial charge is 0.469 e. The summed E-state index contributed by atoms with van der Waals surface area (Å²) in [6.45, 7) is 0. The summed E-state index contributed by atoms with van der Waals surface area (Å²) in [5.74, 6) is -2.05. The van der Waals surface area contributed by atoms with Crippen molar-refractivity contribution in [3.8, 4) is 0 Å². The van der Waals surface area contributed by atoms with Crippen LogP contribution in [0, 0.1) is 5.95 Å². The van der Waals surface area contributed by atoms with Crippen LogP contribution in [0.25, 0.3) is 0 Å². The zero-order valence-corrected chi connectivity index (χ0v) is 9.60. The highest BCUT2D eigenvalue weighted by Crippen LogP contribution is 2.25. The van der Waals surface area contributed by atoms with E-state index in [-0.39, 0.29) is 17.1 Å². The van der Waals surface area contributed by atoms with Gasteiger partial charge in [-0.15, -0.1) is 11.6 Å². The molecule has 1 aromatic heterocycles. The third kappa shape index (κ3) is 3.33. The summed E-state index contributed by atoms with van der Waals surface area (Å²) in [5.41, 5.74) is -0.936. The third-order valence-corrected chi connectivity index (χ3v) is 2.34. The average Bonchev–Trinajstić information content (AvgIpc) is 2.30. The van der Waals surface area contributed by atoms with Gasteiger partial charge in [-0.05, 0) is 6.07 Å². The van der Waals surface area contributed by atoms with Crippen LogP contribution in [0.4, 0.5) is 13.2 Å². The van der Waals surface area contributed by atoms with Gasteiger partial charge in [0.2, 0.25) is 5.95 Å². The molecule has 17 heavy (non-hydrogen) atoms. The van der Waals surface area contributed by atoms with E-state index in [2.05, 4.69) is 9.72 Å². The lowest BCUT2D eigenvalue weighted by atomic mass is 10.1. The highest BCUT2D eigenvalue weighted by atomic mass is 35.5. The van der Waals surface area contributed by atoms with Crippen molar-refractivity contribution < 1.29 is 22.7 Å². The van der Waals surface area contributed by atoms with Crippen molar-refractivity contribution in [1.82, 2.24) is 4.98 Å². The van der Waals surface area contributed by atoms with E-state index in [1.807, 2.05) is 0 Å². The predicted octanol–water partition coefficient (Wildman–Crippen LogP) is 2.61. The maximum atomic E-state index is 13.4. The highest BCUT2D eigenvalue weighted by Gasteiger charge is 2.19. The second kappa shape index (κ2) is 5.86. The van der Waals surface area contributed by atoms with Gasteiger partial charge in [0.25, 0.3) is 6.43 Å². The first-order chi connectivity index (χ1) is 7.99. The molecule has 1 rings (SSSR count). The topological polar surface area (TPSA) is 39.2 Å². The van der Waals surface area contributed by atoms with E-state index < -0.39 is 30.3 Å². The third-order valence-electron chi connectivity index (χ3n) is 2.09. The number of aromatic nitrogens is 1. The molecule has 0 spiro atoms. The monoisotopic (exact) mass is 267 g/mol. The fourth-order valence-electron chi connectivity index (χ4n) is 1.23. The SMILES string of the molecule is COC(=O)Cc1cc(C(F)F)c(CCl)nc1F. The van der Waals surface area contributed by atoms with Crippen LogP contribution >= 0.6 is 11.6 Å². The van der Waals surface area contributed by atoms with Crippen molar-refractivity contribution in [2.24, 2.45) is 0 Å². The van der Waals surface area contributed by atoms with E-state index in [1.54, 1.807) is 0 Å². The van der Waals surface area contributed by atoms with Gasteiger partial charge in [0.05, 0.1) is 25.1 Å². The molecular formula is C10H9ClF3NO2. The van der Waals surface area contributed by atoms with Crippen LogP contribution in [-0.2, 0) is 21.8 Å². The van der Waals surface area contributed by atoms with Crippen molar-refractivity contribution in [2.45, 2.75) is 18.7 Å². The molecule has 0 saturated heterocycles. The molecule has 0 unspecified atom stereocenters. The summed E-state index contributed by atoms with van der Waals surface area (Å²) in [7, 11) is 1.12. The number of alkyl halides is 3. The molecule has 1 heterocycles. The van der Waals surface area contributed by atoms with Crippen molar-refractivity contribution in [1.29, 1.82) is 0 Å². The summed E-state index contributed by atoms with van der Waals surface area (Å²) in [4.78, 5) is 14.3. The van der Waals surface area contributed by atoms with Crippen LogP contribution < -0.4 is 0 Å². The lowest BCUT2D eigenvalue weighted by Crippen LogP contribution is -2.10. The van der Waals surface area contributed by atoms with E-state index in [0.717, 1.165) is 13.2 Å². The molecular weight excluding hydrogens is 259 g/mol. The van der Waals surface area contributed by atoms with Crippen LogP contribution in [0.1, 0.15) is 23.2 Å². The van der Waals surface area contributed by atoms with Gasteiger partial charge in [0, 0.05) is 11.1 Å². The van der Waals surface area contributed by atoms with Gasteiger partial charge in [-0.25, -0.2) is 13.8 Å². The van der Waals surface area contributed by atoms with Gasteiger partial charge < -0.3 is 4.74 Å². The number of esters is 1. The molecule has 0 aliphatic rings. The van der Waals surface area contributed by atoms with Gasteiger partial charge in [0.15, 0.2) is 0 Å². The molecule has 94 valence electrons. The zero-order chi connectivity index (χ0) is 13.0. The Kier molecular flexibility index (Phi) is 4.74. The molecule has 0 bridgehead atoms. The van der Waals surface area contributed by atoms with Gasteiger partial charge >= 0.3 is 5.97 Å². The number of nitrogens with zero attached hydrogens (tertiary/aromatic N) is 1. The molecule has 7 heteroatoms. The van der Waals surface area contributed by atoms with E-state index in [4.69, 9.17) is 11.6 Å². The van der Waals surface area contributed by atoms with E-state index in [1.165, 1.54) is 0 Å². The van der Waals surface area contributed by atoms with E-state index in [0.29, 0.717) is 0 Å². The number of ether oxygens (including phenoxy) is 1. The minimum Gasteiger partial charge on any atom is -0.469 e. The zero-order valence-electron chi connectivity index (χ0n) is 8.84. The minimum atomic E-state index is -2.83. The number of carbonyl (C=O) groups excluding carboxylic acids is 1. The Bertz CT molecular complexity index is 426. The Morgan fingerprint density at radius 1 is 1.59 bits per heavy atom. The lowest BCUT2D eigenvalue weighted by Gasteiger charge is -2.09. The Labute approximate surface area is 101 Å². The summed E-state index contributed by atoms with van der Waals surface area (Å²) in [6.07, 6.45) is -3.27. The standard InChI is InChI=1S/C10H9ClF3NO2/c1-17-8(16)3-5-2-6(9(12)13)7(4-11)15-10(5)14/h2,9H,3-4H2,1H3. The molecule has 0 saturated carbocycles. The van der Waals surface area contributed by atoms with E-state index >= 15 is 0 Å². The fourth-order valence-corrected chi connectivity index (χ4v) is 1.45. The Hall–Kier alpha value is -1.30. The number of pyridine rings is 1. The van der Waals surface area contributed by atoms with Gasteiger partial charge in [-0.3, -0.25) is 4.79 Å². The first kappa shape index (κ1) is 13.8. The molecule has 0 aliphatic heterocycles. The minimum absolute atomic E-state index is 0.229. The number of carbonyl (C=O) groups is 1. The molecule has 0 N–H and O–H groups in total. The first-order valence-electron chi connectivity index (χ1n) is 4.58. The fraction of sp³-hybridized carbons (Fsp3) is 0.400. The molecule has 0 radical (unpaired) electrons. The summed E-state index contributed by atoms with van der Waals surface area (Å²) in [5, 5.41) is 0. The molecule has 1 aromatic rings. The van der Waals surface area contributed by atoms with Crippen LogP contribution in [0.2, 0.25) is 0 Å². The number of rotatable bonds is 4. The summed E-state index contributed by atoms with van der Waals surface area (Å²) >= 11 is 5.38. The average molecular weight is 268 g/mol. The molecule has 0 atom stereocenters. The van der Waals surface area contributed by atoms with Gasteiger partial charge in [0.1, 0.15) is 0 Å². The Morgan fingerprint density at radius 2 is 2.24 bits per heavy atom. The van der Waals surface area contributed by atoms with Crippen molar-refractivity contribution in [2.75, 3.05) is 7.11 Å². The van der Waals surface area contributed by atoms with Crippen molar-refractivity contribution in [3.63, 3.8) is 0 Å². The van der Waals surface area contributed by atoms with Crippen molar-refractivity contribution in [3.05, 3.63) is 28.8 Å². The van der Waals surface area contributed by atoms with Gasteiger partial charge in [-0.1, -0.05) is 0 Å².